The predicted molar refractivity (Wildman–Crippen MR) is 95.9 cm³/mol. The molecule has 0 radical (unpaired) electrons. The lowest BCUT2D eigenvalue weighted by molar-refractivity contribution is 0.102. The fourth-order valence-corrected chi connectivity index (χ4v) is 2.28. The number of nitrogens with one attached hydrogen (secondary N) is 2. The van der Waals surface area contributed by atoms with Gasteiger partial charge in [-0.2, -0.15) is 0 Å². The summed E-state index contributed by atoms with van der Waals surface area (Å²) >= 11 is 5.71. The zero-order valence-corrected chi connectivity index (χ0v) is 14.0. The van der Waals surface area contributed by atoms with E-state index >= 15 is 0 Å². The zero-order chi connectivity index (χ0) is 17.8. The van der Waals surface area contributed by atoms with E-state index in [9.17, 15) is 9.18 Å². The van der Waals surface area contributed by atoms with E-state index in [-0.39, 0.29) is 10.7 Å². The summed E-state index contributed by atoms with van der Waals surface area (Å²) in [5, 5.41) is 5.65. The van der Waals surface area contributed by atoms with Gasteiger partial charge in [-0.3, -0.25) is 4.79 Å². The SMILES string of the molecule is Cc1ccc(Nc2cc(C(=O)Nc3ccc(F)c(Cl)c3)ncn2)cc1. The van der Waals surface area contributed by atoms with Gasteiger partial charge in [0.15, 0.2) is 0 Å². The van der Waals surface area contributed by atoms with Crippen LogP contribution in [0.25, 0.3) is 0 Å². The van der Waals surface area contributed by atoms with Gasteiger partial charge in [-0.25, -0.2) is 14.4 Å². The lowest BCUT2D eigenvalue weighted by atomic mass is 10.2. The largest absolute Gasteiger partial charge is 0.340 e. The standard InChI is InChI=1S/C18H14ClFN4O/c1-11-2-4-12(5-3-11)23-17-9-16(21-10-22-17)18(25)24-13-6-7-15(20)14(19)8-13/h2-10H,1H3,(H,24,25)(H,21,22,23). The molecule has 0 fully saturated rings. The van der Waals surface area contributed by atoms with Crippen molar-refractivity contribution in [3.63, 3.8) is 0 Å². The van der Waals surface area contributed by atoms with Crippen LogP contribution in [0.4, 0.5) is 21.6 Å². The van der Waals surface area contributed by atoms with Gasteiger partial charge >= 0.3 is 0 Å². The van der Waals surface area contributed by atoms with Crippen LogP contribution in [0.3, 0.4) is 0 Å². The number of benzene rings is 2. The van der Waals surface area contributed by atoms with Gasteiger partial charge in [-0.1, -0.05) is 29.3 Å². The van der Waals surface area contributed by atoms with Crippen molar-refractivity contribution in [2.24, 2.45) is 0 Å². The molecule has 126 valence electrons. The maximum atomic E-state index is 13.2. The summed E-state index contributed by atoms with van der Waals surface area (Å²) in [6.45, 7) is 2.00. The van der Waals surface area contributed by atoms with Gasteiger partial charge in [0.1, 0.15) is 23.7 Å². The molecule has 3 rings (SSSR count). The molecule has 3 aromatic rings. The lowest BCUT2D eigenvalue weighted by Crippen LogP contribution is -2.14. The molecule has 0 aliphatic rings. The van der Waals surface area contributed by atoms with Gasteiger partial charge < -0.3 is 10.6 Å². The quantitative estimate of drug-likeness (QED) is 0.718. The van der Waals surface area contributed by atoms with Gasteiger partial charge in [0.05, 0.1) is 5.02 Å². The van der Waals surface area contributed by atoms with E-state index in [0.717, 1.165) is 11.3 Å². The van der Waals surface area contributed by atoms with Crippen LogP contribution in [0.5, 0.6) is 0 Å². The number of halogens is 2. The number of rotatable bonds is 4. The van der Waals surface area contributed by atoms with Crippen molar-refractivity contribution < 1.29 is 9.18 Å². The summed E-state index contributed by atoms with van der Waals surface area (Å²) < 4.78 is 13.2. The molecule has 2 N–H and O–H groups in total. The Morgan fingerprint density at radius 1 is 1.04 bits per heavy atom. The van der Waals surface area contributed by atoms with E-state index < -0.39 is 11.7 Å². The number of amides is 1. The molecule has 0 atom stereocenters. The second kappa shape index (κ2) is 7.27. The molecule has 1 heterocycles. The maximum absolute atomic E-state index is 13.2. The van der Waals surface area contributed by atoms with Crippen LogP contribution in [0.1, 0.15) is 16.1 Å². The van der Waals surface area contributed by atoms with Crippen molar-refractivity contribution in [1.29, 1.82) is 0 Å². The smallest absolute Gasteiger partial charge is 0.274 e. The Balaban J connectivity index is 1.74. The van der Waals surface area contributed by atoms with Gasteiger partial charge in [-0.05, 0) is 37.3 Å². The second-order valence-corrected chi connectivity index (χ2v) is 5.77. The molecular formula is C18H14ClFN4O. The number of hydrogen-bond acceptors (Lipinski definition) is 4. The van der Waals surface area contributed by atoms with Crippen LogP contribution in [0, 0.1) is 12.7 Å². The molecule has 0 aliphatic heterocycles. The highest BCUT2D eigenvalue weighted by Gasteiger charge is 2.10. The first kappa shape index (κ1) is 16.9. The van der Waals surface area contributed by atoms with E-state index in [1.807, 2.05) is 31.2 Å². The van der Waals surface area contributed by atoms with Crippen LogP contribution >= 0.6 is 11.6 Å². The summed E-state index contributed by atoms with van der Waals surface area (Å²) in [5.74, 6) is -0.510. The molecule has 1 amide bonds. The third-order valence-corrected chi connectivity index (χ3v) is 3.69. The normalized spacial score (nSPS) is 10.4. The molecular weight excluding hydrogens is 343 g/mol. The molecule has 0 bridgehead atoms. The van der Waals surface area contributed by atoms with E-state index in [1.54, 1.807) is 0 Å². The zero-order valence-electron chi connectivity index (χ0n) is 13.3. The summed E-state index contributed by atoms with van der Waals surface area (Å²) in [5.41, 5.74) is 2.54. The van der Waals surface area contributed by atoms with Crippen molar-refractivity contribution >= 4 is 34.7 Å². The average molecular weight is 357 g/mol. The van der Waals surface area contributed by atoms with E-state index in [0.29, 0.717) is 11.5 Å². The molecule has 0 unspecified atom stereocenters. The van der Waals surface area contributed by atoms with Gasteiger partial charge in [0.2, 0.25) is 0 Å². The number of anilines is 3. The van der Waals surface area contributed by atoms with E-state index in [2.05, 4.69) is 20.6 Å². The summed E-state index contributed by atoms with van der Waals surface area (Å²) in [6, 6.07) is 13.2. The van der Waals surface area contributed by atoms with E-state index in [1.165, 1.54) is 30.6 Å². The van der Waals surface area contributed by atoms with Gasteiger partial charge in [0, 0.05) is 17.4 Å². The van der Waals surface area contributed by atoms with Gasteiger partial charge in [-0.15, -0.1) is 0 Å². The fourth-order valence-electron chi connectivity index (χ4n) is 2.10. The van der Waals surface area contributed by atoms with Crippen LogP contribution in [0.15, 0.2) is 54.9 Å². The highest BCUT2D eigenvalue weighted by molar-refractivity contribution is 6.31. The summed E-state index contributed by atoms with van der Waals surface area (Å²) in [6.07, 6.45) is 1.29. The number of aromatic nitrogens is 2. The molecule has 0 saturated heterocycles. The molecule has 7 heteroatoms. The first-order valence-corrected chi connectivity index (χ1v) is 7.81. The Bertz CT molecular complexity index is 915. The molecule has 2 aromatic carbocycles. The van der Waals surface area contributed by atoms with Crippen LogP contribution < -0.4 is 10.6 Å². The number of hydrogen-bond donors (Lipinski definition) is 2. The Labute approximate surface area is 148 Å². The van der Waals surface area contributed by atoms with Crippen LogP contribution in [-0.4, -0.2) is 15.9 Å². The third kappa shape index (κ3) is 4.30. The molecule has 5 nitrogen and oxygen atoms in total. The highest BCUT2D eigenvalue weighted by Crippen LogP contribution is 2.20. The van der Waals surface area contributed by atoms with Crippen LogP contribution in [0.2, 0.25) is 5.02 Å². The van der Waals surface area contributed by atoms with Crippen molar-refractivity contribution in [1.82, 2.24) is 9.97 Å². The number of nitrogens with zero attached hydrogens (tertiary/aromatic N) is 2. The van der Waals surface area contributed by atoms with Crippen molar-refractivity contribution in [3.8, 4) is 0 Å². The Morgan fingerprint density at radius 3 is 2.48 bits per heavy atom. The maximum Gasteiger partial charge on any atom is 0.274 e. The molecule has 0 saturated carbocycles. The first-order valence-electron chi connectivity index (χ1n) is 7.43. The third-order valence-electron chi connectivity index (χ3n) is 3.40. The topological polar surface area (TPSA) is 66.9 Å². The number of carbonyl (C=O) groups is 1. The molecule has 1 aromatic heterocycles. The van der Waals surface area contributed by atoms with Crippen LogP contribution in [-0.2, 0) is 0 Å². The van der Waals surface area contributed by atoms with E-state index in [4.69, 9.17) is 11.6 Å². The Morgan fingerprint density at radius 2 is 1.76 bits per heavy atom. The Hall–Kier alpha value is -2.99. The number of carbonyl (C=O) groups excluding carboxylic acids is 1. The first-order chi connectivity index (χ1) is 12.0. The molecule has 0 spiro atoms. The monoisotopic (exact) mass is 356 g/mol. The van der Waals surface area contributed by atoms with Gasteiger partial charge in [0.25, 0.3) is 5.91 Å². The molecule has 25 heavy (non-hydrogen) atoms. The minimum Gasteiger partial charge on any atom is -0.340 e. The summed E-state index contributed by atoms with van der Waals surface area (Å²) in [7, 11) is 0. The predicted octanol–water partition coefficient (Wildman–Crippen LogP) is 4.57. The summed E-state index contributed by atoms with van der Waals surface area (Å²) in [4.78, 5) is 20.4. The fraction of sp³-hybridized carbons (Fsp3) is 0.0556. The minimum absolute atomic E-state index is 0.0674. The van der Waals surface area contributed by atoms with Crippen molar-refractivity contribution in [2.75, 3.05) is 10.6 Å². The highest BCUT2D eigenvalue weighted by atomic mass is 35.5. The number of aryl methyl sites for hydroxylation is 1. The second-order valence-electron chi connectivity index (χ2n) is 5.36. The minimum atomic E-state index is -0.550. The lowest BCUT2D eigenvalue weighted by Gasteiger charge is -2.08. The molecule has 0 aliphatic carbocycles. The Kier molecular flexibility index (Phi) is 4.90. The van der Waals surface area contributed by atoms with Crippen molar-refractivity contribution in [3.05, 3.63) is 77.0 Å². The van der Waals surface area contributed by atoms with Crippen molar-refractivity contribution in [2.45, 2.75) is 6.92 Å². The average Bonchev–Trinajstić information content (AvgIpc) is 2.60.